The zero-order valence-corrected chi connectivity index (χ0v) is 13.5. The van der Waals surface area contributed by atoms with E-state index < -0.39 is 0 Å². The fourth-order valence-electron chi connectivity index (χ4n) is 2.85. The number of aromatic nitrogens is 4. The van der Waals surface area contributed by atoms with Crippen LogP contribution in [-0.2, 0) is 0 Å². The van der Waals surface area contributed by atoms with Crippen molar-refractivity contribution >= 4 is 17.3 Å². The van der Waals surface area contributed by atoms with Gasteiger partial charge in [0.15, 0.2) is 0 Å². The van der Waals surface area contributed by atoms with Crippen LogP contribution in [0.3, 0.4) is 0 Å². The summed E-state index contributed by atoms with van der Waals surface area (Å²) in [5.41, 5.74) is 2.68. The van der Waals surface area contributed by atoms with Crippen LogP contribution in [0.4, 0.5) is 5.95 Å². The normalized spacial score (nSPS) is 14.9. The molecule has 0 radical (unpaired) electrons. The lowest BCUT2D eigenvalue weighted by Gasteiger charge is -2.27. The first-order valence-electron chi connectivity index (χ1n) is 7.84. The van der Waals surface area contributed by atoms with Gasteiger partial charge < -0.3 is 4.90 Å². The third-order valence-corrected chi connectivity index (χ3v) is 4.89. The summed E-state index contributed by atoms with van der Waals surface area (Å²) in [7, 11) is 0. The van der Waals surface area contributed by atoms with E-state index in [1.165, 1.54) is 19.3 Å². The van der Waals surface area contributed by atoms with Crippen LogP contribution in [0.2, 0.25) is 0 Å². The molecule has 3 aromatic rings. The molecule has 1 aliphatic heterocycles. The van der Waals surface area contributed by atoms with Crippen LogP contribution in [0.1, 0.15) is 19.3 Å². The highest BCUT2D eigenvalue weighted by atomic mass is 32.1. The first-order valence-corrected chi connectivity index (χ1v) is 8.72. The van der Waals surface area contributed by atoms with Crippen molar-refractivity contribution in [3.63, 3.8) is 0 Å². The fraction of sp³-hybridized carbons (Fsp3) is 0.294. The molecule has 4 rings (SSSR count). The Morgan fingerprint density at radius 1 is 1.00 bits per heavy atom. The van der Waals surface area contributed by atoms with E-state index in [-0.39, 0.29) is 0 Å². The third-order valence-electron chi connectivity index (χ3n) is 4.01. The van der Waals surface area contributed by atoms with E-state index in [4.69, 9.17) is 4.98 Å². The van der Waals surface area contributed by atoms with Gasteiger partial charge in [-0.3, -0.25) is 9.97 Å². The molecule has 0 aliphatic carbocycles. The largest absolute Gasteiger partial charge is 0.341 e. The number of rotatable bonds is 3. The number of nitrogens with zero attached hydrogens (tertiary/aromatic N) is 5. The zero-order chi connectivity index (χ0) is 15.5. The van der Waals surface area contributed by atoms with Gasteiger partial charge >= 0.3 is 0 Å². The van der Waals surface area contributed by atoms with Gasteiger partial charge in [0.1, 0.15) is 0 Å². The van der Waals surface area contributed by atoms with Crippen molar-refractivity contribution in [2.75, 3.05) is 18.0 Å². The summed E-state index contributed by atoms with van der Waals surface area (Å²) in [6.45, 7) is 2.07. The van der Waals surface area contributed by atoms with Crippen LogP contribution < -0.4 is 4.90 Å². The molecule has 0 bridgehead atoms. The van der Waals surface area contributed by atoms with E-state index in [1.807, 2.05) is 12.3 Å². The number of hydrogen-bond donors (Lipinski definition) is 0. The summed E-state index contributed by atoms with van der Waals surface area (Å²) in [6, 6.07) is 4.13. The molecule has 0 atom stereocenters. The van der Waals surface area contributed by atoms with Crippen LogP contribution in [-0.4, -0.2) is 33.0 Å². The van der Waals surface area contributed by atoms with Crippen LogP contribution in [0, 0.1) is 0 Å². The van der Waals surface area contributed by atoms with Crippen molar-refractivity contribution in [3.05, 3.63) is 42.3 Å². The van der Waals surface area contributed by atoms with E-state index in [0.717, 1.165) is 40.9 Å². The average molecular weight is 323 g/mol. The minimum atomic E-state index is 0.807. The first-order chi connectivity index (χ1) is 11.4. The van der Waals surface area contributed by atoms with Gasteiger partial charge in [0.2, 0.25) is 5.95 Å². The van der Waals surface area contributed by atoms with Gasteiger partial charge in [-0.1, -0.05) is 6.07 Å². The molecule has 116 valence electrons. The van der Waals surface area contributed by atoms with Crippen LogP contribution >= 0.6 is 11.3 Å². The number of hydrogen-bond acceptors (Lipinski definition) is 6. The van der Waals surface area contributed by atoms with Crippen molar-refractivity contribution in [3.8, 4) is 21.8 Å². The Morgan fingerprint density at radius 2 is 1.91 bits per heavy atom. The second kappa shape index (κ2) is 6.42. The van der Waals surface area contributed by atoms with Crippen LogP contribution in [0.15, 0.2) is 42.3 Å². The van der Waals surface area contributed by atoms with Crippen molar-refractivity contribution in [2.24, 2.45) is 0 Å². The van der Waals surface area contributed by atoms with Gasteiger partial charge in [-0.05, 0) is 30.7 Å². The predicted molar refractivity (Wildman–Crippen MR) is 92.4 cm³/mol. The zero-order valence-electron chi connectivity index (χ0n) is 12.7. The lowest BCUT2D eigenvalue weighted by molar-refractivity contribution is 0.568. The van der Waals surface area contributed by atoms with E-state index >= 15 is 0 Å². The summed E-state index contributed by atoms with van der Waals surface area (Å²) < 4.78 is 0. The Hall–Kier alpha value is -2.34. The Bertz CT molecular complexity index is 767. The summed E-state index contributed by atoms with van der Waals surface area (Å²) in [5.74, 6) is 0.820. The van der Waals surface area contributed by atoms with Crippen molar-refractivity contribution in [1.29, 1.82) is 0 Å². The molecule has 0 N–H and O–H groups in total. The highest BCUT2D eigenvalue weighted by Crippen LogP contribution is 2.33. The fourth-order valence-corrected chi connectivity index (χ4v) is 3.57. The van der Waals surface area contributed by atoms with E-state index in [2.05, 4.69) is 31.3 Å². The maximum atomic E-state index is 4.87. The molecule has 0 spiro atoms. The smallest absolute Gasteiger partial charge is 0.225 e. The second-order valence-electron chi connectivity index (χ2n) is 5.55. The van der Waals surface area contributed by atoms with Gasteiger partial charge in [0.05, 0.1) is 22.5 Å². The quantitative estimate of drug-likeness (QED) is 0.736. The number of piperidine rings is 1. The van der Waals surface area contributed by atoms with Gasteiger partial charge in [0.25, 0.3) is 0 Å². The lowest BCUT2D eigenvalue weighted by atomic mass is 10.1. The maximum absolute atomic E-state index is 4.87. The predicted octanol–water partition coefficient (Wildman–Crippen LogP) is 3.65. The standard InChI is InChI=1S/C17H17N5S/c1-2-8-22(9-3-1)17-20-11-13(14-12-18-6-7-19-14)16(21-17)15-5-4-10-23-15/h4-7,10-12H,1-3,8-9H2. The third kappa shape index (κ3) is 2.94. The summed E-state index contributed by atoms with van der Waals surface area (Å²) in [5, 5.41) is 2.07. The monoisotopic (exact) mass is 323 g/mol. The van der Waals surface area contributed by atoms with Crippen molar-refractivity contribution in [2.45, 2.75) is 19.3 Å². The summed E-state index contributed by atoms with van der Waals surface area (Å²) in [4.78, 5) is 21.5. The van der Waals surface area contributed by atoms with E-state index in [1.54, 1.807) is 29.9 Å². The Labute approximate surface area is 139 Å². The summed E-state index contributed by atoms with van der Waals surface area (Å²) in [6.07, 6.45) is 10.7. The molecule has 0 aromatic carbocycles. The summed E-state index contributed by atoms with van der Waals surface area (Å²) >= 11 is 1.68. The molecule has 5 nitrogen and oxygen atoms in total. The Morgan fingerprint density at radius 3 is 2.65 bits per heavy atom. The molecular formula is C17H17N5S. The van der Waals surface area contributed by atoms with Crippen LogP contribution in [0.25, 0.3) is 21.8 Å². The molecule has 3 aromatic heterocycles. The van der Waals surface area contributed by atoms with Gasteiger partial charge in [0, 0.05) is 37.2 Å². The highest BCUT2D eigenvalue weighted by molar-refractivity contribution is 7.13. The second-order valence-corrected chi connectivity index (χ2v) is 6.50. The van der Waals surface area contributed by atoms with E-state index in [9.17, 15) is 0 Å². The van der Waals surface area contributed by atoms with Gasteiger partial charge in [-0.15, -0.1) is 11.3 Å². The molecule has 6 heteroatoms. The highest BCUT2D eigenvalue weighted by Gasteiger charge is 2.18. The number of anilines is 1. The average Bonchev–Trinajstić information content (AvgIpc) is 3.17. The Kier molecular flexibility index (Phi) is 3.98. The number of thiophene rings is 1. The molecule has 1 saturated heterocycles. The van der Waals surface area contributed by atoms with E-state index in [0.29, 0.717) is 0 Å². The Balaban J connectivity index is 1.80. The molecular weight excluding hydrogens is 306 g/mol. The van der Waals surface area contributed by atoms with Gasteiger partial charge in [-0.25, -0.2) is 9.97 Å². The van der Waals surface area contributed by atoms with Crippen LogP contribution in [0.5, 0.6) is 0 Å². The van der Waals surface area contributed by atoms with Crippen molar-refractivity contribution in [1.82, 2.24) is 19.9 Å². The molecule has 4 heterocycles. The molecule has 0 unspecified atom stereocenters. The minimum Gasteiger partial charge on any atom is -0.341 e. The molecule has 0 amide bonds. The molecule has 1 aliphatic rings. The first kappa shape index (κ1) is 14.3. The molecule has 0 saturated carbocycles. The SMILES string of the molecule is c1csc(-c2nc(N3CCCCC3)ncc2-c2cnccn2)c1. The molecule has 23 heavy (non-hydrogen) atoms. The molecule has 1 fully saturated rings. The minimum absolute atomic E-state index is 0.807. The van der Waals surface area contributed by atoms with Gasteiger partial charge in [-0.2, -0.15) is 0 Å². The van der Waals surface area contributed by atoms with Crippen molar-refractivity contribution < 1.29 is 0 Å². The topological polar surface area (TPSA) is 54.8 Å². The lowest BCUT2D eigenvalue weighted by Crippen LogP contribution is -2.31. The maximum Gasteiger partial charge on any atom is 0.225 e.